The van der Waals surface area contributed by atoms with Gasteiger partial charge in [-0.1, -0.05) is 6.07 Å². The predicted molar refractivity (Wildman–Crippen MR) is 104 cm³/mol. The molecule has 2 aromatic rings. The summed E-state index contributed by atoms with van der Waals surface area (Å²) in [6, 6.07) is 7.47. The van der Waals surface area contributed by atoms with Gasteiger partial charge in [-0.2, -0.15) is 0 Å². The molecule has 0 spiro atoms. The summed E-state index contributed by atoms with van der Waals surface area (Å²) in [4.78, 5) is 30.3. The minimum atomic E-state index is -0.651. The first kappa shape index (κ1) is 19.6. The Kier molecular flexibility index (Phi) is 6.65. The maximum absolute atomic E-state index is 12.3. The van der Waals surface area contributed by atoms with Gasteiger partial charge in [0, 0.05) is 37.1 Å². The SMILES string of the molecule is C[C@@H](NC(=O)C(=O)NCc1ccco1)[C@H](c1cccs1)N1CCN(C)CC1. The standard InChI is InChI=1S/C19H26N4O3S/c1-14(21-19(25)18(24)20-13-15-5-3-11-26-15)17(16-6-4-12-27-16)23-9-7-22(2)8-10-23/h3-6,11-12,14,17H,7-10,13H2,1-2H3,(H,20,24)(H,21,25)/t14-,17-/m1/s1. The zero-order valence-corrected chi connectivity index (χ0v) is 16.5. The predicted octanol–water partition coefficient (Wildman–Crippen LogP) is 1.45. The van der Waals surface area contributed by atoms with E-state index in [9.17, 15) is 9.59 Å². The van der Waals surface area contributed by atoms with Gasteiger partial charge in [0.25, 0.3) is 0 Å². The molecule has 7 nitrogen and oxygen atoms in total. The molecular formula is C19H26N4O3S. The van der Waals surface area contributed by atoms with Gasteiger partial charge in [-0.3, -0.25) is 14.5 Å². The molecule has 1 fully saturated rings. The third kappa shape index (κ3) is 5.18. The van der Waals surface area contributed by atoms with E-state index in [1.807, 2.05) is 18.4 Å². The van der Waals surface area contributed by atoms with Crippen LogP contribution >= 0.6 is 11.3 Å². The number of carbonyl (C=O) groups is 2. The number of rotatable bonds is 6. The third-order valence-electron chi connectivity index (χ3n) is 4.81. The van der Waals surface area contributed by atoms with E-state index >= 15 is 0 Å². The number of hydrogen-bond donors (Lipinski definition) is 2. The summed E-state index contributed by atoms with van der Waals surface area (Å²) in [6.07, 6.45) is 1.53. The van der Waals surface area contributed by atoms with E-state index in [0.717, 1.165) is 26.2 Å². The Balaban J connectivity index is 1.60. The molecule has 1 aliphatic rings. The van der Waals surface area contributed by atoms with E-state index in [2.05, 4.69) is 33.5 Å². The minimum Gasteiger partial charge on any atom is -0.467 e. The number of piperazine rings is 1. The van der Waals surface area contributed by atoms with Gasteiger partial charge in [0.15, 0.2) is 0 Å². The van der Waals surface area contributed by atoms with Gasteiger partial charge in [-0.25, -0.2) is 0 Å². The number of nitrogens with zero attached hydrogens (tertiary/aromatic N) is 2. The van der Waals surface area contributed by atoms with Crippen molar-refractivity contribution in [1.82, 2.24) is 20.4 Å². The van der Waals surface area contributed by atoms with Crippen LogP contribution in [0.1, 0.15) is 23.6 Å². The molecule has 3 heterocycles. The van der Waals surface area contributed by atoms with Crippen LogP contribution in [0.4, 0.5) is 0 Å². The Hall–Kier alpha value is -2.16. The van der Waals surface area contributed by atoms with Gasteiger partial charge in [0.05, 0.1) is 18.8 Å². The molecule has 8 heteroatoms. The van der Waals surface area contributed by atoms with Crippen molar-refractivity contribution < 1.29 is 14.0 Å². The average molecular weight is 391 g/mol. The van der Waals surface area contributed by atoms with Crippen molar-refractivity contribution in [2.24, 2.45) is 0 Å². The Morgan fingerprint density at radius 2 is 1.96 bits per heavy atom. The highest BCUT2D eigenvalue weighted by Gasteiger charge is 2.31. The molecule has 2 atom stereocenters. The number of thiophene rings is 1. The lowest BCUT2D eigenvalue weighted by Crippen LogP contribution is -2.53. The number of likely N-dealkylation sites (N-methyl/N-ethyl adjacent to an activating group) is 1. The van der Waals surface area contributed by atoms with Crippen molar-refractivity contribution in [3.63, 3.8) is 0 Å². The topological polar surface area (TPSA) is 77.8 Å². The second-order valence-corrected chi connectivity index (χ2v) is 7.80. The third-order valence-corrected chi connectivity index (χ3v) is 5.75. The summed E-state index contributed by atoms with van der Waals surface area (Å²) < 4.78 is 5.16. The van der Waals surface area contributed by atoms with Gasteiger partial charge in [0.1, 0.15) is 5.76 Å². The zero-order chi connectivity index (χ0) is 19.2. The second-order valence-electron chi connectivity index (χ2n) is 6.82. The van der Waals surface area contributed by atoms with Gasteiger partial charge < -0.3 is 20.0 Å². The van der Waals surface area contributed by atoms with Gasteiger partial charge in [-0.15, -0.1) is 11.3 Å². The van der Waals surface area contributed by atoms with Crippen molar-refractivity contribution in [3.8, 4) is 0 Å². The van der Waals surface area contributed by atoms with Crippen LogP contribution in [0.2, 0.25) is 0 Å². The molecule has 0 aliphatic carbocycles. The molecular weight excluding hydrogens is 364 g/mol. The molecule has 0 radical (unpaired) electrons. The molecule has 1 saturated heterocycles. The van der Waals surface area contributed by atoms with Gasteiger partial charge >= 0.3 is 11.8 Å². The van der Waals surface area contributed by atoms with E-state index in [1.165, 1.54) is 11.1 Å². The summed E-state index contributed by atoms with van der Waals surface area (Å²) >= 11 is 1.68. The van der Waals surface area contributed by atoms with Crippen molar-refractivity contribution in [3.05, 3.63) is 46.5 Å². The lowest BCUT2D eigenvalue weighted by molar-refractivity contribution is -0.140. The quantitative estimate of drug-likeness (QED) is 0.730. The Morgan fingerprint density at radius 1 is 1.19 bits per heavy atom. The fourth-order valence-electron chi connectivity index (χ4n) is 3.31. The first-order valence-electron chi connectivity index (χ1n) is 9.11. The normalized spacial score (nSPS) is 18.0. The van der Waals surface area contributed by atoms with Crippen LogP contribution < -0.4 is 10.6 Å². The smallest absolute Gasteiger partial charge is 0.309 e. The first-order chi connectivity index (χ1) is 13.0. The Bertz CT molecular complexity index is 724. The first-order valence-corrected chi connectivity index (χ1v) is 9.99. The van der Waals surface area contributed by atoms with Crippen LogP contribution in [0, 0.1) is 0 Å². The van der Waals surface area contributed by atoms with Crippen LogP contribution in [0.15, 0.2) is 40.3 Å². The largest absolute Gasteiger partial charge is 0.467 e. The molecule has 2 amide bonds. The summed E-state index contributed by atoms with van der Waals surface area (Å²) in [7, 11) is 2.12. The highest BCUT2D eigenvalue weighted by Crippen LogP contribution is 2.29. The number of carbonyl (C=O) groups excluding carboxylic acids is 2. The highest BCUT2D eigenvalue weighted by molar-refractivity contribution is 7.10. The summed E-state index contributed by atoms with van der Waals surface area (Å²) in [6.45, 7) is 6.01. The average Bonchev–Trinajstić information content (AvgIpc) is 3.35. The maximum atomic E-state index is 12.3. The van der Waals surface area contributed by atoms with E-state index in [1.54, 1.807) is 23.5 Å². The monoisotopic (exact) mass is 390 g/mol. The van der Waals surface area contributed by atoms with Gasteiger partial charge in [0.2, 0.25) is 0 Å². The Morgan fingerprint density at radius 3 is 2.59 bits per heavy atom. The van der Waals surface area contributed by atoms with Crippen LogP contribution in [-0.2, 0) is 16.1 Å². The summed E-state index contributed by atoms with van der Waals surface area (Å²) in [5.74, 6) is -0.663. The number of nitrogens with one attached hydrogen (secondary N) is 2. The molecule has 27 heavy (non-hydrogen) atoms. The Labute approximate surface area is 163 Å². The fraction of sp³-hybridized carbons (Fsp3) is 0.474. The number of amides is 2. The lowest BCUT2D eigenvalue weighted by Gasteiger charge is -2.40. The number of furan rings is 1. The molecule has 146 valence electrons. The molecule has 2 aromatic heterocycles. The zero-order valence-electron chi connectivity index (χ0n) is 15.7. The van der Waals surface area contributed by atoms with Crippen molar-refractivity contribution in [2.45, 2.75) is 25.6 Å². The van der Waals surface area contributed by atoms with Crippen LogP contribution in [0.3, 0.4) is 0 Å². The summed E-state index contributed by atoms with van der Waals surface area (Å²) in [5.41, 5.74) is 0. The second kappa shape index (κ2) is 9.16. The van der Waals surface area contributed by atoms with Crippen molar-refractivity contribution in [1.29, 1.82) is 0 Å². The fourth-order valence-corrected chi connectivity index (χ4v) is 4.28. The van der Waals surface area contributed by atoms with Crippen molar-refractivity contribution in [2.75, 3.05) is 33.2 Å². The van der Waals surface area contributed by atoms with E-state index in [-0.39, 0.29) is 18.6 Å². The molecule has 2 N–H and O–H groups in total. The van der Waals surface area contributed by atoms with Crippen molar-refractivity contribution >= 4 is 23.2 Å². The molecule has 3 rings (SSSR count). The summed E-state index contributed by atoms with van der Waals surface area (Å²) in [5, 5.41) is 7.51. The maximum Gasteiger partial charge on any atom is 0.309 e. The van der Waals surface area contributed by atoms with Gasteiger partial charge in [-0.05, 0) is 37.6 Å². The molecule has 0 saturated carbocycles. The van der Waals surface area contributed by atoms with Crippen LogP contribution in [0.5, 0.6) is 0 Å². The van der Waals surface area contributed by atoms with E-state index < -0.39 is 11.8 Å². The molecule has 1 aliphatic heterocycles. The minimum absolute atomic E-state index is 0.0560. The van der Waals surface area contributed by atoms with E-state index in [4.69, 9.17) is 4.42 Å². The van der Waals surface area contributed by atoms with Crippen LogP contribution in [-0.4, -0.2) is 60.9 Å². The molecule has 0 bridgehead atoms. The lowest BCUT2D eigenvalue weighted by atomic mass is 10.0. The molecule has 0 unspecified atom stereocenters. The highest BCUT2D eigenvalue weighted by atomic mass is 32.1. The van der Waals surface area contributed by atoms with E-state index in [0.29, 0.717) is 5.76 Å². The molecule has 0 aromatic carbocycles. The van der Waals surface area contributed by atoms with Crippen LogP contribution in [0.25, 0.3) is 0 Å². The number of hydrogen-bond acceptors (Lipinski definition) is 6.